The molecular formula is C14H11BrN2O3S. The van der Waals surface area contributed by atoms with Crippen LogP contribution >= 0.6 is 27.7 Å². The highest BCUT2D eigenvalue weighted by Gasteiger charge is 2.20. The van der Waals surface area contributed by atoms with E-state index in [1.54, 1.807) is 30.3 Å². The second kappa shape index (κ2) is 6.73. The molecule has 1 amide bonds. The van der Waals surface area contributed by atoms with Crippen LogP contribution in [-0.2, 0) is 0 Å². The van der Waals surface area contributed by atoms with Crippen LogP contribution in [0.5, 0.6) is 0 Å². The summed E-state index contributed by atoms with van der Waals surface area (Å²) in [5.74, 6) is -0.500. The van der Waals surface area contributed by atoms with Crippen LogP contribution in [0.4, 0.5) is 11.4 Å². The van der Waals surface area contributed by atoms with Crippen LogP contribution in [0.2, 0.25) is 0 Å². The average Bonchev–Trinajstić information content (AvgIpc) is 2.48. The van der Waals surface area contributed by atoms with E-state index in [-0.39, 0.29) is 11.3 Å². The molecule has 0 aliphatic heterocycles. The SMILES string of the molecule is CSc1ccc([N+](=O)[O-])c(C(=O)Nc2ccc(Br)cc2)c1. The first-order valence-electron chi connectivity index (χ1n) is 5.90. The molecule has 0 radical (unpaired) electrons. The number of carbonyl (C=O) groups is 1. The van der Waals surface area contributed by atoms with Crippen molar-refractivity contribution in [3.63, 3.8) is 0 Å². The first kappa shape index (κ1) is 15.5. The molecule has 108 valence electrons. The van der Waals surface area contributed by atoms with Crippen LogP contribution in [0.3, 0.4) is 0 Å². The number of rotatable bonds is 4. The Labute approximate surface area is 134 Å². The van der Waals surface area contributed by atoms with Gasteiger partial charge in [0.2, 0.25) is 0 Å². The van der Waals surface area contributed by atoms with E-state index in [0.29, 0.717) is 5.69 Å². The van der Waals surface area contributed by atoms with E-state index in [9.17, 15) is 14.9 Å². The minimum atomic E-state index is -0.555. The van der Waals surface area contributed by atoms with Gasteiger partial charge in [0.25, 0.3) is 11.6 Å². The number of thioether (sulfide) groups is 1. The lowest BCUT2D eigenvalue weighted by Gasteiger charge is -2.07. The molecule has 2 aromatic rings. The molecule has 7 heteroatoms. The Morgan fingerprint density at radius 3 is 2.48 bits per heavy atom. The molecule has 0 aliphatic rings. The smallest absolute Gasteiger partial charge is 0.282 e. The van der Waals surface area contributed by atoms with Gasteiger partial charge >= 0.3 is 0 Å². The number of nitro benzene ring substituents is 1. The number of hydrogen-bond donors (Lipinski definition) is 1. The topological polar surface area (TPSA) is 72.2 Å². The number of nitrogens with zero attached hydrogens (tertiary/aromatic N) is 1. The number of halogens is 1. The van der Waals surface area contributed by atoms with Gasteiger partial charge in [0.15, 0.2) is 0 Å². The van der Waals surface area contributed by atoms with Gasteiger partial charge in [0, 0.05) is 21.1 Å². The Bertz CT molecular complexity index is 689. The van der Waals surface area contributed by atoms with Gasteiger partial charge < -0.3 is 5.32 Å². The monoisotopic (exact) mass is 366 g/mol. The van der Waals surface area contributed by atoms with Crippen molar-refractivity contribution in [1.29, 1.82) is 0 Å². The van der Waals surface area contributed by atoms with Gasteiger partial charge in [0.05, 0.1) is 4.92 Å². The lowest BCUT2D eigenvalue weighted by molar-refractivity contribution is -0.385. The van der Waals surface area contributed by atoms with E-state index in [0.717, 1.165) is 9.37 Å². The third-order valence-corrected chi connectivity index (χ3v) is 4.00. The molecule has 0 atom stereocenters. The lowest BCUT2D eigenvalue weighted by atomic mass is 10.1. The molecule has 0 spiro atoms. The largest absolute Gasteiger partial charge is 0.322 e. The van der Waals surface area contributed by atoms with Gasteiger partial charge in [-0.1, -0.05) is 15.9 Å². The number of hydrogen-bond acceptors (Lipinski definition) is 4. The Balaban J connectivity index is 2.33. The lowest BCUT2D eigenvalue weighted by Crippen LogP contribution is -2.14. The Hall–Kier alpha value is -1.86. The van der Waals surface area contributed by atoms with Crippen molar-refractivity contribution in [2.75, 3.05) is 11.6 Å². The molecule has 0 saturated carbocycles. The second-order valence-electron chi connectivity index (χ2n) is 4.10. The minimum absolute atomic E-state index is 0.0507. The molecule has 5 nitrogen and oxygen atoms in total. The zero-order chi connectivity index (χ0) is 15.4. The fraction of sp³-hybridized carbons (Fsp3) is 0.0714. The van der Waals surface area contributed by atoms with Gasteiger partial charge in [-0.25, -0.2) is 0 Å². The van der Waals surface area contributed by atoms with Crippen LogP contribution in [0.15, 0.2) is 51.8 Å². The number of carbonyl (C=O) groups excluding carboxylic acids is 1. The van der Waals surface area contributed by atoms with Gasteiger partial charge in [-0.05, 0) is 42.7 Å². The second-order valence-corrected chi connectivity index (χ2v) is 5.90. The summed E-state index contributed by atoms with van der Waals surface area (Å²) in [5, 5.41) is 13.7. The van der Waals surface area contributed by atoms with E-state index in [1.165, 1.54) is 23.9 Å². The number of nitrogens with one attached hydrogen (secondary N) is 1. The predicted octanol–water partition coefficient (Wildman–Crippen LogP) is 4.33. The van der Waals surface area contributed by atoms with Crippen LogP contribution in [0.25, 0.3) is 0 Å². The van der Waals surface area contributed by atoms with Crippen molar-refractivity contribution in [2.45, 2.75) is 4.90 Å². The summed E-state index contributed by atoms with van der Waals surface area (Å²) in [6, 6.07) is 11.5. The fourth-order valence-electron chi connectivity index (χ4n) is 1.71. The quantitative estimate of drug-likeness (QED) is 0.496. The Kier molecular flexibility index (Phi) is 4.98. The zero-order valence-electron chi connectivity index (χ0n) is 11.0. The third-order valence-electron chi connectivity index (χ3n) is 2.75. The molecule has 0 aliphatic carbocycles. The van der Waals surface area contributed by atoms with E-state index in [1.807, 2.05) is 6.26 Å². The maximum atomic E-state index is 12.3. The summed E-state index contributed by atoms with van der Waals surface area (Å²) >= 11 is 4.72. The molecule has 21 heavy (non-hydrogen) atoms. The first-order chi connectivity index (χ1) is 10.0. The van der Waals surface area contributed by atoms with Crippen LogP contribution < -0.4 is 5.32 Å². The predicted molar refractivity (Wildman–Crippen MR) is 87.0 cm³/mol. The maximum absolute atomic E-state index is 12.3. The summed E-state index contributed by atoms with van der Waals surface area (Å²) in [6.07, 6.45) is 1.84. The molecule has 2 aromatic carbocycles. The normalized spacial score (nSPS) is 10.2. The van der Waals surface area contributed by atoms with Crippen molar-refractivity contribution >= 4 is 45.0 Å². The Morgan fingerprint density at radius 2 is 1.90 bits per heavy atom. The van der Waals surface area contributed by atoms with Crippen molar-refractivity contribution in [3.8, 4) is 0 Å². The highest BCUT2D eigenvalue weighted by molar-refractivity contribution is 9.10. The summed E-state index contributed by atoms with van der Waals surface area (Å²) in [5.41, 5.74) is 0.421. The fourth-order valence-corrected chi connectivity index (χ4v) is 2.42. The van der Waals surface area contributed by atoms with Crippen LogP contribution in [0, 0.1) is 10.1 Å². The minimum Gasteiger partial charge on any atom is -0.322 e. The molecule has 1 N–H and O–H groups in total. The van der Waals surface area contributed by atoms with Crippen molar-refractivity contribution in [3.05, 3.63) is 62.6 Å². The van der Waals surface area contributed by atoms with Crippen LogP contribution in [0.1, 0.15) is 10.4 Å². The molecule has 2 rings (SSSR count). The summed E-state index contributed by atoms with van der Waals surface area (Å²) in [6.45, 7) is 0. The number of anilines is 1. The van der Waals surface area contributed by atoms with Crippen LogP contribution in [-0.4, -0.2) is 17.1 Å². The van der Waals surface area contributed by atoms with E-state index >= 15 is 0 Å². The third kappa shape index (κ3) is 3.83. The molecule has 0 aromatic heterocycles. The van der Waals surface area contributed by atoms with Gasteiger partial charge in [-0.15, -0.1) is 11.8 Å². The first-order valence-corrected chi connectivity index (χ1v) is 7.92. The maximum Gasteiger partial charge on any atom is 0.282 e. The molecule has 0 heterocycles. The van der Waals surface area contributed by atoms with E-state index in [4.69, 9.17) is 0 Å². The summed E-state index contributed by atoms with van der Waals surface area (Å²) in [4.78, 5) is 23.5. The summed E-state index contributed by atoms with van der Waals surface area (Å²) < 4.78 is 0.885. The van der Waals surface area contributed by atoms with E-state index < -0.39 is 10.8 Å². The molecular weight excluding hydrogens is 356 g/mol. The molecule has 0 unspecified atom stereocenters. The van der Waals surface area contributed by atoms with Gasteiger partial charge in [0.1, 0.15) is 5.56 Å². The summed E-state index contributed by atoms with van der Waals surface area (Å²) in [7, 11) is 0. The van der Waals surface area contributed by atoms with Crippen molar-refractivity contribution in [1.82, 2.24) is 0 Å². The standard InChI is InChI=1S/C14H11BrN2O3S/c1-21-11-6-7-13(17(19)20)12(8-11)14(18)16-10-4-2-9(15)3-5-10/h2-8H,1H3,(H,16,18). The van der Waals surface area contributed by atoms with Crippen molar-refractivity contribution in [2.24, 2.45) is 0 Å². The number of amides is 1. The highest BCUT2D eigenvalue weighted by Crippen LogP contribution is 2.26. The molecule has 0 bridgehead atoms. The molecule has 0 saturated heterocycles. The van der Waals surface area contributed by atoms with Crippen molar-refractivity contribution < 1.29 is 9.72 Å². The Morgan fingerprint density at radius 1 is 1.24 bits per heavy atom. The number of benzene rings is 2. The van der Waals surface area contributed by atoms with Gasteiger partial charge in [-0.2, -0.15) is 0 Å². The highest BCUT2D eigenvalue weighted by atomic mass is 79.9. The molecule has 0 fully saturated rings. The van der Waals surface area contributed by atoms with Gasteiger partial charge in [-0.3, -0.25) is 14.9 Å². The van der Waals surface area contributed by atoms with E-state index in [2.05, 4.69) is 21.2 Å². The zero-order valence-corrected chi connectivity index (χ0v) is 13.4. The average molecular weight is 367 g/mol. The number of nitro groups is 1.